The largest absolute Gasteiger partial charge is 0.493 e. The van der Waals surface area contributed by atoms with Gasteiger partial charge in [-0.05, 0) is 63.3 Å². The summed E-state index contributed by atoms with van der Waals surface area (Å²) in [4.78, 5) is 0. The highest BCUT2D eigenvalue weighted by Gasteiger charge is 2.10. The van der Waals surface area contributed by atoms with Crippen LogP contribution in [0, 0.1) is 0 Å². The molecule has 0 aromatic heterocycles. The number of hydrogen-bond donors (Lipinski definition) is 1. The van der Waals surface area contributed by atoms with E-state index in [1.807, 2.05) is 6.07 Å². The van der Waals surface area contributed by atoms with Crippen LogP contribution >= 0.6 is 0 Å². The molecular weight excluding hydrogens is 262 g/mol. The lowest BCUT2D eigenvalue weighted by atomic mass is 9.97. The Morgan fingerprint density at radius 2 is 1.95 bits per heavy atom. The molecule has 0 amide bonds. The molecule has 21 heavy (non-hydrogen) atoms. The summed E-state index contributed by atoms with van der Waals surface area (Å²) in [6.45, 7) is 3.22. The molecule has 0 saturated heterocycles. The predicted octanol–water partition coefficient (Wildman–Crippen LogP) is 4.24. The summed E-state index contributed by atoms with van der Waals surface area (Å²) >= 11 is 0. The van der Waals surface area contributed by atoms with E-state index >= 15 is 0 Å². The zero-order valence-corrected chi connectivity index (χ0v) is 13.4. The van der Waals surface area contributed by atoms with E-state index in [1.54, 1.807) is 19.8 Å². The Balaban J connectivity index is 1.87. The molecule has 0 radical (unpaired) electrons. The summed E-state index contributed by atoms with van der Waals surface area (Å²) in [5.41, 5.74) is 2.85. The molecule has 1 aliphatic rings. The molecule has 1 aliphatic carbocycles. The first-order chi connectivity index (χ1) is 10.2. The maximum absolute atomic E-state index is 5.36. The molecule has 0 aliphatic heterocycles. The second-order valence-corrected chi connectivity index (χ2v) is 5.65. The van der Waals surface area contributed by atoms with E-state index < -0.39 is 0 Å². The fraction of sp³-hybridized carbons (Fsp3) is 0.556. The molecule has 1 aromatic carbocycles. The van der Waals surface area contributed by atoms with Crippen LogP contribution in [0.1, 0.15) is 50.6 Å². The molecule has 1 atom stereocenters. The van der Waals surface area contributed by atoms with Gasteiger partial charge in [-0.2, -0.15) is 0 Å². The van der Waals surface area contributed by atoms with Gasteiger partial charge in [0.25, 0.3) is 0 Å². The van der Waals surface area contributed by atoms with Crippen molar-refractivity contribution >= 4 is 0 Å². The summed E-state index contributed by atoms with van der Waals surface area (Å²) in [6.07, 6.45) is 8.85. The van der Waals surface area contributed by atoms with Gasteiger partial charge in [0.05, 0.1) is 14.2 Å². The normalized spacial score (nSPS) is 16.2. The maximum atomic E-state index is 5.36. The maximum Gasteiger partial charge on any atom is 0.161 e. The van der Waals surface area contributed by atoms with Crippen LogP contribution in [-0.2, 0) is 0 Å². The number of hydrogen-bond acceptors (Lipinski definition) is 3. The highest BCUT2D eigenvalue weighted by molar-refractivity contribution is 5.43. The smallest absolute Gasteiger partial charge is 0.161 e. The van der Waals surface area contributed by atoms with Gasteiger partial charge in [0.15, 0.2) is 11.5 Å². The second-order valence-electron chi connectivity index (χ2n) is 5.65. The first-order valence-electron chi connectivity index (χ1n) is 7.88. The molecule has 0 heterocycles. The Hall–Kier alpha value is -1.48. The van der Waals surface area contributed by atoms with Gasteiger partial charge < -0.3 is 14.8 Å². The molecule has 0 bridgehead atoms. The third-order valence-corrected chi connectivity index (χ3v) is 4.19. The number of methoxy groups -OCH3 is 2. The van der Waals surface area contributed by atoms with Crippen molar-refractivity contribution in [1.29, 1.82) is 0 Å². The summed E-state index contributed by atoms with van der Waals surface area (Å²) in [5, 5.41) is 3.60. The molecule has 2 rings (SSSR count). The van der Waals surface area contributed by atoms with Gasteiger partial charge in [-0.1, -0.05) is 17.7 Å². The molecular formula is C18H27NO2. The van der Waals surface area contributed by atoms with Crippen molar-refractivity contribution in [2.24, 2.45) is 0 Å². The van der Waals surface area contributed by atoms with Gasteiger partial charge in [0, 0.05) is 6.04 Å². The van der Waals surface area contributed by atoms with Gasteiger partial charge in [-0.3, -0.25) is 0 Å². The Morgan fingerprint density at radius 1 is 1.14 bits per heavy atom. The second kappa shape index (κ2) is 8.08. The number of benzene rings is 1. The average molecular weight is 289 g/mol. The zero-order valence-electron chi connectivity index (χ0n) is 13.4. The Bertz CT molecular complexity index is 482. The summed E-state index contributed by atoms with van der Waals surface area (Å²) in [6, 6.07) is 6.43. The fourth-order valence-electron chi connectivity index (χ4n) is 2.82. The quantitative estimate of drug-likeness (QED) is 0.761. The van der Waals surface area contributed by atoms with Crippen molar-refractivity contribution in [3.63, 3.8) is 0 Å². The Morgan fingerprint density at radius 3 is 2.62 bits per heavy atom. The van der Waals surface area contributed by atoms with Crippen molar-refractivity contribution in [3.8, 4) is 11.5 Å². The van der Waals surface area contributed by atoms with E-state index in [2.05, 4.69) is 30.4 Å². The van der Waals surface area contributed by atoms with E-state index in [1.165, 1.54) is 31.2 Å². The van der Waals surface area contributed by atoms with Crippen LogP contribution in [0.3, 0.4) is 0 Å². The molecule has 1 unspecified atom stereocenters. The Labute approximate surface area is 128 Å². The minimum absolute atomic E-state index is 0.314. The van der Waals surface area contributed by atoms with Gasteiger partial charge in [-0.15, -0.1) is 0 Å². The third kappa shape index (κ3) is 4.50. The average Bonchev–Trinajstić information content (AvgIpc) is 2.55. The van der Waals surface area contributed by atoms with E-state index in [0.29, 0.717) is 6.04 Å². The van der Waals surface area contributed by atoms with E-state index in [9.17, 15) is 0 Å². The highest BCUT2D eigenvalue weighted by atomic mass is 16.5. The molecule has 0 saturated carbocycles. The minimum atomic E-state index is 0.314. The molecule has 0 fully saturated rings. The van der Waals surface area contributed by atoms with Gasteiger partial charge in [0.2, 0.25) is 0 Å². The molecule has 116 valence electrons. The molecule has 1 aromatic rings. The lowest BCUT2D eigenvalue weighted by Crippen LogP contribution is -2.20. The van der Waals surface area contributed by atoms with Crippen LogP contribution in [0.2, 0.25) is 0 Å². The van der Waals surface area contributed by atoms with Crippen molar-refractivity contribution < 1.29 is 9.47 Å². The van der Waals surface area contributed by atoms with Gasteiger partial charge in [0.1, 0.15) is 0 Å². The van der Waals surface area contributed by atoms with Crippen LogP contribution in [0.15, 0.2) is 29.8 Å². The highest BCUT2D eigenvalue weighted by Crippen LogP contribution is 2.30. The lowest BCUT2D eigenvalue weighted by molar-refractivity contribution is 0.354. The molecule has 0 spiro atoms. The van der Waals surface area contributed by atoms with Gasteiger partial charge in [-0.25, -0.2) is 0 Å². The van der Waals surface area contributed by atoms with Crippen LogP contribution in [0.5, 0.6) is 11.5 Å². The lowest BCUT2D eigenvalue weighted by Gasteiger charge is -2.18. The van der Waals surface area contributed by atoms with Crippen molar-refractivity contribution in [2.75, 3.05) is 20.8 Å². The third-order valence-electron chi connectivity index (χ3n) is 4.19. The van der Waals surface area contributed by atoms with Crippen molar-refractivity contribution in [1.82, 2.24) is 5.32 Å². The first-order valence-corrected chi connectivity index (χ1v) is 7.88. The summed E-state index contributed by atoms with van der Waals surface area (Å²) in [7, 11) is 3.34. The topological polar surface area (TPSA) is 30.5 Å². The molecule has 1 N–H and O–H groups in total. The van der Waals surface area contributed by atoms with Crippen LogP contribution in [0.4, 0.5) is 0 Å². The zero-order chi connectivity index (χ0) is 15.1. The number of rotatable bonds is 7. The summed E-state index contributed by atoms with van der Waals surface area (Å²) in [5.74, 6) is 1.57. The standard InChI is InChI=1S/C18H27NO2/c1-14(19-12-11-15-7-5-4-6-8-15)16-9-10-17(20-2)18(13-16)21-3/h7,9-10,13-14,19H,4-6,8,11-12H2,1-3H3. The van der Waals surface area contributed by atoms with Crippen LogP contribution in [-0.4, -0.2) is 20.8 Å². The fourth-order valence-corrected chi connectivity index (χ4v) is 2.82. The monoisotopic (exact) mass is 289 g/mol. The first kappa shape index (κ1) is 15.9. The Kier molecular flexibility index (Phi) is 6.12. The van der Waals surface area contributed by atoms with Crippen LogP contribution in [0.25, 0.3) is 0 Å². The number of ether oxygens (including phenoxy) is 2. The molecule has 3 nitrogen and oxygen atoms in total. The van der Waals surface area contributed by atoms with Crippen molar-refractivity contribution in [3.05, 3.63) is 35.4 Å². The van der Waals surface area contributed by atoms with Gasteiger partial charge >= 0.3 is 0 Å². The van der Waals surface area contributed by atoms with Crippen molar-refractivity contribution in [2.45, 2.75) is 45.1 Å². The SMILES string of the molecule is COc1ccc(C(C)NCCC2=CCCCC2)cc1OC. The minimum Gasteiger partial charge on any atom is -0.493 e. The summed E-state index contributed by atoms with van der Waals surface area (Å²) < 4.78 is 10.6. The van der Waals surface area contributed by atoms with E-state index in [-0.39, 0.29) is 0 Å². The van der Waals surface area contributed by atoms with Crippen LogP contribution < -0.4 is 14.8 Å². The van der Waals surface area contributed by atoms with E-state index in [0.717, 1.165) is 24.5 Å². The predicted molar refractivity (Wildman–Crippen MR) is 87.1 cm³/mol. The molecule has 3 heteroatoms. The number of nitrogens with one attached hydrogen (secondary N) is 1. The number of allylic oxidation sites excluding steroid dienone is 1. The van der Waals surface area contributed by atoms with E-state index in [4.69, 9.17) is 9.47 Å².